The van der Waals surface area contributed by atoms with Crippen LogP contribution in [0.1, 0.15) is 86.4 Å². The largest absolute Gasteiger partial charge is 0.309 e. The van der Waals surface area contributed by atoms with Crippen LogP contribution in [0.25, 0.3) is 0 Å². The summed E-state index contributed by atoms with van der Waals surface area (Å²) >= 11 is 2.14. The molecule has 23 heavy (non-hydrogen) atoms. The molecule has 0 aromatic carbocycles. The van der Waals surface area contributed by atoms with Crippen LogP contribution in [0.15, 0.2) is 6.07 Å². The van der Waals surface area contributed by atoms with Gasteiger partial charge in [0, 0.05) is 22.3 Å². The topological polar surface area (TPSA) is 12.0 Å². The van der Waals surface area contributed by atoms with E-state index in [1.54, 1.807) is 15.3 Å². The lowest BCUT2D eigenvalue weighted by molar-refractivity contribution is -0.115. The summed E-state index contributed by atoms with van der Waals surface area (Å²) in [4.78, 5) is 3.38. The Hall–Kier alpha value is -0.340. The van der Waals surface area contributed by atoms with E-state index in [0.717, 1.165) is 42.2 Å². The SMILES string of the molecule is C[C@@H]1[C@H]2C[C@@H](C[C@H]1NCc1sc(C3CC3)cc1C1CC1)C2(C)C. The number of nitrogens with one attached hydrogen (secondary N) is 1. The zero-order valence-corrected chi connectivity index (χ0v) is 15.7. The second-order valence-electron chi connectivity index (χ2n) is 9.52. The molecule has 0 aliphatic heterocycles. The van der Waals surface area contributed by atoms with E-state index in [2.05, 4.69) is 43.5 Å². The van der Waals surface area contributed by atoms with Crippen LogP contribution in [-0.2, 0) is 6.54 Å². The first-order valence-electron chi connectivity index (χ1n) is 9.90. The highest BCUT2D eigenvalue weighted by Crippen LogP contribution is 2.61. The molecule has 0 saturated heterocycles. The fourth-order valence-electron chi connectivity index (χ4n) is 5.55. The van der Waals surface area contributed by atoms with Crippen molar-refractivity contribution in [3.8, 4) is 0 Å². The van der Waals surface area contributed by atoms with Crippen LogP contribution in [0.2, 0.25) is 0 Å². The monoisotopic (exact) mass is 329 g/mol. The van der Waals surface area contributed by atoms with E-state index in [0.29, 0.717) is 5.41 Å². The molecule has 4 atom stereocenters. The van der Waals surface area contributed by atoms with Crippen LogP contribution in [0.4, 0.5) is 0 Å². The smallest absolute Gasteiger partial charge is 0.0305 e. The van der Waals surface area contributed by atoms with Gasteiger partial charge in [0.25, 0.3) is 0 Å². The first kappa shape index (κ1) is 15.0. The molecular weight excluding hydrogens is 298 g/mol. The van der Waals surface area contributed by atoms with Crippen molar-refractivity contribution < 1.29 is 0 Å². The molecule has 5 fully saturated rings. The molecule has 1 aromatic heterocycles. The molecule has 6 rings (SSSR count). The fraction of sp³-hybridized carbons (Fsp3) is 0.810. The third kappa shape index (κ3) is 2.43. The van der Waals surface area contributed by atoms with Crippen molar-refractivity contribution in [2.24, 2.45) is 23.2 Å². The normalized spacial score (nSPS) is 38.4. The molecule has 5 saturated carbocycles. The molecule has 2 bridgehead atoms. The second kappa shape index (κ2) is 5.08. The molecule has 5 aliphatic rings. The average molecular weight is 330 g/mol. The maximum Gasteiger partial charge on any atom is 0.0305 e. The lowest BCUT2D eigenvalue weighted by atomic mass is 9.45. The number of hydrogen-bond donors (Lipinski definition) is 1. The van der Waals surface area contributed by atoms with E-state index in [1.807, 2.05) is 0 Å². The molecule has 0 amide bonds. The van der Waals surface area contributed by atoms with Gasteiger partial charge in [0.2, 0.25) is 0 Å². The first-order valence-corrected chi connectivity index (χ1v) is 10.7. The van der Waals surface area contributed by atoms with E-state index in [4.69, 9.17) is 0 Å². The average Bonchev–Trinajstić information content (AvgIpc) is 3.44. The molecule has 0 radical (unpaired) electrons. The summed E-state index contributed by atoms with van der Waals surface area (Å²) < 4.78 is 0. The molecule has 1 nitrogen and oxygen atoms in total. The Morgan fingerprint density at radius 3 is 2.48 bits per heavy atom. The Morgan fingerprint density at radius 2 is 1.87 bits per heavy atom. The van der Waals surface area contributed by atoms with Crippen molar-refractivity contribution in [2.75, 3.05) is 0 Å². The Labute approximate surface area is 145 Å². The van der Waals surface area contributed by atoms with Crippen molar-refractivity contribution in [3.05, 3.63) is 21.4 Å². The number of fused-ring (bicyclic) bond motifs is 2. The van der Waals surface area contributed by atoms with Crippen molar-refractivity contribution in [1.82, 2.24) is 5.32 Å². The Balaban J connectivity index is 1.28. The summed E-state index contributed by atoms with van der Waals surface area (Å²) in [5, 5.41) is 3.99. The van der Waals surface area contributed by atoms with E-state index in [-0.39, 0.29) is 0 Å². The highest BCUT2D eigenvalue weighted by atomic mass is 32.1. The summed E-state index contributed by atoms with van der Waals surface area (Å²) in [5.41, 5.74) is 2.33. The summed E-state index contributed by atoms with van der Waals surface area (Å²) in [5.74, 6) is 4.60. The van der Waals surface area contributed by atoms with Gasteiger partial charge in [0.15, 0.2) is 0 Å². The van der Waals surface area contributed by atoms with Crippen LogP contribution < -0.4 is 5.32 Å². The minimum absolute atomic E-state index is 0.610. The van der Waals surface area contributed by atoms with Gasteiger partial charge < -0.3 is 5.32 Å². The molecular formula is C21H31NS. The van der Waals surface area contributed by atoms with Gasteiger partial charge in [0.1, 0.15) is 0 Å². The van der Waals surface area contributed by atoms with E-state index in [9.17, 15) is 0 Å². The number of hydrogen-bond acceptors (Lipinski definition) is 2. The molecule has 0 unspecified atom stereocenters. The summed E-state index contributed by atoms with van der Waals surface area (Å²) in [6.45, 7) is 8.65. The lowest BCUT2D eigenvalue weighted by Gasteiger charge is -2.62. The van der Waals surface area contributed by atoms with Gasteiger partial charge in [-0.05, 0) is 85.2 Å². The maximum atomic E-state index is 3.99. The van der Waals surface area contributed by atoms with E-state index < -0.39 is 0 Å². The molecule has 5 aliphatic carbocycles. The molecule has 0 spiro atoms. The summed E-state index contributed by atoms with van der Waals surface area (Å²) in [7, 11) is 0. The summed E-state index contributed by atoms with van der Waals surface area (Å²) in [6, 6.07) is 3.34. The Kier molecular flexibility index (Phi) is 3.30. The zero-order chi connectivity index (χ0) is 15.8. The predicted molar refractivity (Wildman–Crippen MR) is 98.1 cm³/mol. The van der Waals surface area contributed by atoms with Gasteiger partial charge >= 0.3 is 0 Å². The Morgan fingerprint density at radius 1 is 1.13 bits per heavy atom. The van der Waals surface area contributed by atoms with Crippen LogP contribution in [0, 0.1) is 23.2 Å². The number of thiophene rings is 1. The highest BCUT2D eigenvalue weighted by molar-refractivity contribution is 7.12. The quantitative estimate of drug-likeness (QED) is 0.734. The molecule has 126 valence electrons. The molecule has 1 heterocycles. The van der Waals surface area contributed by atoms with E-state index >= 15 is 0 Å². The van der Waals surface area contributed by atoms with Crippen molar-refractivity contribution in [2.45, 2.75) is 83.7 Å². The summed E-state index contributed by atoms with van der Waals surface area (Å²) in [6.07, 6.45) is 8.65. The Bertz CT molecular complexity index is 607. The third-order valence-corrected chi connectivity index (χ3v) is 9.05. The standard InChI is InChI=1S/C21H31NS/c1-12-17-8-15(21(17,2)3)9-18(12)22-11-20-16(13-4-5-13)10-19(23-20)14-6-7-14/h10,12-15,17-18,22H,4-9,11H2,1-3H3/t12-,15+,17-,18-/m1/s1. The second-order valence-corrected chi connectivity index (χ2v) is 10.7. The lowest BCUT2D eigenvalue weighted by Crippen LogP contribution is -2.59. The van der Waals surface area contributed by atoms with Crippen LogP contribution in [0.3, 0.4) is 0 Å². The third-order valence-electron chi connectivity index (χ3n) is 7.74. The highest BCUT2D eigenvalue weighted by Gasteiger charge is 2.56. The van der Waals surface area contributed by atoms with Gasteiger partial charge in [-0.2, -0.15) is 0 Å². The maximum absolute atomic E-state index is 3.99. The van der Waals surface area contributed by atoms with Crippen LogP contribution in [-0.4, -0.2) is 6.04 Å². The van der Waals surface area contributed by atoms with Crippen LogP contribution >= 0.6 is 11.3 Å². The van der Waals surface area contributed by atoms with Gasteiger partial charge in [-0.3, -0.25) is 0 Å². The van der Waals surface area contributed by atoms with Crippen molar-refractivity contribution in [1.29, 1.82) is 0 Å². The minimum atomic E-state index is 0.610. The van der Waals surface area contributed by atoms with Crippen molar-refractivity contribution >= 4 is 11.3 Å². The first-order chi connectivity index (χ1) is 11.0. The zero-order valence-electron chi connectivity index (χ0n) is 14.9. The minimum Gasteiger partial charge on any atom is -0.309 e. The fourth-order valence-corrected chi connectivity index (χ4v) is 6.93. The number of rotatable bonds is 5. The van der Waals surface area contributed by atoms with Gasteiger partial charge in [-0.15, -0.1) is 11.3 Å². The van der Waals surface area contributed by atoms with E-state index in [1.165, 1.54) is 38.5 Å². The molecule has 1 N–H and O–H groups in total. The van der Waals surface area contributed by atoms with Gasteiger partial charge in [-0.1, -0.05) is 20.8 Å². The molecule has 2 heteroatoms. The van der Waals surface area contributed by atoms with Crippen molar-refractivity contribution in [3.63, 3.8) is 0 Å². The van der Waals surface area contributed by atoms with Gasteiger partial charge in [-0.25, -0.2) is 0 Å². The van der Waals surface area contributed by atoms with Gasteiger partial charge in [0.05, 0.1) is 0 Å². The van der Waals surface area contributed by atoms with Crippen LogP contribution in [0.5, 0.6) is 0 Å². The predicted octanol–water partition coefficient (Wildman–Crippen LogP) is 5.66. The molecule has 1 aromatic rings.